The second kappa shape index (κ2) is 13.2. The van der Waals surface area contributed by atoms with Crippen molar-refractivity contribution in [1.29, 1.82) is 0 Å². The Morgan fingerprint density at radius 2 is 1.48 bits per heavy atom. The van der Waals surface area contributed by atoms with Crippen molar-refractivity contribution < 1.29 is 23.1 Å². The lowest BCUT2D eigenvalue weighted by molar-refractivity contribution is 0.0573. The zero-order valence-electron chi connectivity index (χ0n) is 25.5. The van der Waals surface area contributed by atoms with Crippen LogP contribution in [0.4, 0.5) is 8.78 Å². The summed E-state index contributed by atoms with van der Waals surface area (Å²) in [5, 5.41) is -0.126. The molecule has 4 aromatic rings. The lowest BCUT2D eigenvalue weighted by Crippen LogP contribution is -2.44. The summed E-state index contributed by atoms with van der Waals surface area (Å²) in [4.78, 5) is 32.3. The van der Waals surface area contributed by atoms with Gasteiger partial charge in [-0.3, -0.25) is 9.59 Å². The van der Waals surface area contributed by atoms with E-state index in [1.54, 1.807) is 38.2 Å². The molecule has 1 fully saturated rings. The van der Waals surface area contributed by atoms with Crippen molar-refractivity contribution in [2.75, 3.05) is 35.3 Å². The van der Waals surface area contributed by atoms with E-state index in [1.807, 2.05) is 30.3 Å². The molecule has 1 aliphatic rings. The minimum atomic E-state index is -0.660. The predicted molar refractivity (Wildman–Crippen MR) is 173 cm³/mol. The van der Waals surface area contributed by atoms with Crippen LogP contribution in [0.2, 0.25) is 5.02 Å². The summed E-state index contributed by atoms with van der Waals surface area (Å²) in [6.07, 6.45) is 3.40. The summed E-state index contributed by atoms with van der Waals surface area (Å²) in [6, 6.07) is 15.6. The van der Waals surface area contributed by atoms with Crippen LogP contribution in [0, 0.1) is 11.6 Å². The van der Waals surface area contributed by atoms with Gasteiger partial charge in [0, 0.05) is 43.9 Å². The van der Waals surface area contributed by atoms with Gasteiger partial charge in [0.25, 0.3) is 11.8 Å². The Bertz CT molecular complexity index is 1680. The Morgan fingerprint density at radius 3 is 2.07 bits per heavy atom. The molecule has 1 aromatic heterocycles. The lowest BCUT2D eigenvalue weighted by atomic mass is 9.89. The summed E-state index contributed by atoms with van der Waals surface area (Å²) in [5.41, 5.74) is 3.19. The number of hydrogen-bond donors (Lipinski definition) is 0. The number of hydrogen-bond acceptors (Lipinski definition) is 5. The van der Waals surface area contributed by atoms with Gasteiger partial charge in [-0.2, -0.15) is 0 Å². The Kier molecular flexibility index (Phi) is 9.58. The van der Waals surface area contributed by atoms with Gasteiger partial charge in [-0.25, -0.2) is 8.78 Å². The number of thiophene rings is 1. The van der Waals surface area contributed by atoms with E-state index in [9.17, 15) is 18.4 Å². The van der Waals surface area contributed by atoms with E-state index in [2.05, 4.69) is 19.0 Å². The monoisotopic (exact) mass is 639 g/mol. The molecule has 232 valence electrons. The summed E-state index contributed by atoms with van der Waals surface area (Å²) in [7, 11) is 9.14. The van der Waals surface area contributed by atoms with Crippen LogP contribution in [0.15, 0.2) is 54.6 Å². The number of ether oxygens (including phenoxy) is 1. The molecule has 1 aliphatic carbocycles. The standard InChI is InChI=1S/C34H36ClF2N3O3S/c1-38(2)24-11-13-25(14-12-24)40(34(42)32-30(35)29-26(36)15-16-27(37)31(29)44-32)19-23-18-22(10-17-28(23)43-5)20-6-8-21(9-7-20)33(41)39(3)4/h6-10,15-18,24-25H,11-14,19H2,1-5H3. The first-order chi connectivity index (χ1) is 21.0. The first kappa shape index (κ1) is 31.9. The highest BCUT2D eigenvalue weighted by molar-refractivity contribution is 7.21. The summed E-state index contributed by atoms with van der Waals surface area (Å²) in [5.74, 6) is -1.09. The number of nitrogens with zero attached hydrogens (tertiary/aromatic N) is 3. The number of carbonyl (C=O) groups excluding carboxylic acids is 2. The van der Waals surface area contributed by atoms with E-state index in [1.165, 1.54) is 4.90 Å². The Balaban J connectivity index is 1.53. The maximum absolute atomic E-state index is 14.7. The SMILES string of the molecule is COc1ccc(-c2ccc(C(=O)N(C)C)cc2)cc1CN(C(=O)c1sc2c(F)ccc(F)c2c1Cl)C1CCC(N(C)C)CC1. The third-order valence-electron chi connectivity index (χ3n) is 8.47. The van der Waals surface area contributed by atoms with E-state index >= 15 is 0 Å². The van der Waals surface area contributed by atoms with E-state index in [-0.39, 0.29) is 44.4 Å². The van der Waals surface area contributed by atoms with Crippen LogP contribution >= 0.6 is 22.9 Å². The molecular weight excluding hydrogens is 604 g/mol. The number of benzene rings is 3. The predicted octanol–water partition coefficient (Wildman–Crippen LogP) is 7.73. The minimum Gasteiger partial charge on any atom is -0.496 e. The van der Waals surface area contributed by atoms with Crippen molar-refractivity contribution >= 4 is 44.8 Å². The van der Waals surface area contributed by atoms with Crippen LogP contribution < -0.4 is 4.74 Å². The van der Waals surface area contributed by atoms with Gasteiger partial charge in [0.05, 0.1) is 22.2 Å². The van der Waals surface area contributed by atoms with Crippen molar-refractivity contribution in [3.8, 4) is 16.9 Å². The number of methoxy groups -OCH3 is 1. The number of carbonyl (C=O) groups is 2. The minimum absolute atomic E-state index is 0.0328. The molecule has 0 saturated heterocycles. The second-order valence-corrected chi connectivity index (χ2v) is 13.0. The van der Waals surface area contributed by atoms with Crippen molar-refractivity contribution in [3.05, 3.63) is 87.3 Å². The number of fused-ring (bicyclic) bond motifs is 1. The van der Waals surface area contributed by atoms with E-state index in [0.29, 0.717) is 17.4 Å². The van der Waals surface area contributed by atoms with E-state index < -0.39 is 11.6 Å². The molecule has 5 rings (SSSR count). The van der Waals surface area contributed by atoms with Crippen molar-refractivity contribution in [2.45, 2.75) is 44.3 Å². The van der Waals surface area contributed by atoms with Crippen LogP contribution in [0.25, 0.3) is 21.2 Å². The van der Waals surface area contributed by atoms with Gasteiger partial charge in [0.15, 0.2) is 0 Å². The molecule has 44 heavy (non-hydrogen) atoms. The molecule has 2 amide bonds. The maximum Gasteiger partial charge on any atom is 0.266 e. The van der Waals surface area contributed by atoms with E-state index in [4.69, 9.17) is 16.3 Å². The van der Waals surface area contributed by atoms with Crippen molar-refractivity contribution in [2.24, 2.45) is 0 Å². The number of amides is 2. The molecule has 0 aliphatic heterocycles. The first-order valence-corrected chi connectivity index (χ1v) is 15.7. The Morgan fingerprint density at radius 1 is 0.864 bits per heavy atom. The van der Waals surface area contributed by atoms with Gasteiger partial charge < -0.3 is 19.4 Å². The summed E-state index contributed by atoms with van der Waals surface area (Å²) >= 11 is 7.48. The third-order valence-corrected chi connectivity index (χ3v) is 10.1. The normalized spacial score (nSPS) is 16.8. The van der Waals surface area contributed by atoms with Gasteiger partial charge in [0.2, 0.25) is 0 Å². The molecule has 0 radical (unpaired) electrons. The zero-order chi connectivity index (χ0) is 31.7. The van der Waals surface area contributed by atoms with Crippen LogP contribution in [0.1, 0.15) is 51.3 Å². The molecular formula is C34H36ClF2N3O3S. The molecule has 1 heterocycles. The Labute approximate surface area is 265 Å². The highest BCUT2D eigenvalue weighted by Crippen LogP contribution is 2.41. The van der Waals surface area contributed by atoms with Crippen LogP contribution in [0.5, 0.6) is 5.75 Å². The van der Waals surface area contributed by atoms with E-state index in [0.717, 1.165) is 65.8 Å². The molecule has 6 nitrogen and oxygen atoms in total. The van der Waals surface area contributed by atoms with Gasteiger partial charge in [-0.15, -0.1) is 11.3 Å². The maximum atomic E-state index is 14.7. The summed E-state index contributed by atoms with van der Waals surface area (Å²) in [6.45, 7) is 0.222. The zero-order valence-corrected chi connectivity index (χ0v) is 27.1. The van der Waals surface area contributed by atoms with Gasteiger partial charge in [0.1, 0.15) is 22.3 Å². The first-order valence-electron chi connectivity index (χ1n) is 14.5. The fraction of sp³-hybridized carbons (Fsp3) is 0.353. The van der Waals surface area contributed by atoms with Gasteiger partial charge in [-0.05, 0) is 87.3 Å². The molecule has 0 N–H and O–H groups in total. The lowest BCUT2D eigenvalue weighted by Gasteiger charge is -2.39. The second-order valence-electron chi connectivity index (χ2n) is 11.6. The fourth-order valence-electron chi connectivity index (χ4n) is 5.95. The van der Waals surface area contributed by atoms with Crippen molar-refractivity contribution in [3.63, 3.8) is 0 Å². The van der Waals surface area contributed by atoms with Gasteiger partial charge in [-0.1, -0.05) is 29.8 Å². The van der Waals surface area contributed by atoms with Crippen molar-refractivity contribution in [1.82, 2.24) is 14.7 Å². The molecule has 10 heteroatoms. The highest BCUT2D eigenvalue weighted by Gasteiger charge is 2.33. The largest absolute Gasteiger partial charge is 0.496 e. The van der Waals surface area contributed by atoms with Crippen LogP contribution in [0.3, 0.4) is 0 Å². The molecule has 1 saturated carbocycles. The topological polar surface area (TPSA) is 53.1 Å². The fourth-order valence-corrected chi connectivity index (χ4v) is 7.45. The number of halogens is 3. The highest BCUT2D eigenvalue weighted by atomic mass is 35.5. The third kappa shape index (κ3) is 6.32. The molecule has 0 bridgehead atoms. The average Bonchev–Trinajstić information content (AvgIpc) is 3.39. The quantitative estimate of drug-likeness (QED) is 0.198. The Hall–Kier alpha value is -3.53. The number of rotatable bonds is 8. The molecule has 3 aromatic carbocycles. The molecule has 0 spiro atoms. The molecule has 0 atom stereocenters. The van der Waals surface area contributed by atoms with Crippen LogP contribution in [-0.2, 0) is 6.54 Å². The average molecular weight is 640 g/mol. The molecule has 0 unspecified atom stereocenters. The van der Waals surface area contributed by atoms with Crippen LogP contribution in [-0.4, -0.2) is 73.9 Å². The summed E-state index contributed by atoms with van der Waals surface area (Å²) < 4.78 is 35.2. The van der Waals surface area contributed by atoms with Gasteiger partial charge >= 0.3 is 0 Å². The smallest absolute Gasteiger partial charge is 0.266 e.